The quantitative estimate of drug-likeness (QED) is 0.723. The van der Waals surface area contributed by atoms with Crippen molar-refractivity contribution in [1.82, 2.24) is 15.2 Å². The van der Waals surface area contributed by atoms with Gasteiger partial charge in [-0.15, -0.1) is 0 Å². The fraction of sp³-hybridized carbons (Fsp3) is 0.111. The maximum atomic E-state index is 5.47. The van der Waals surface area contributed by atoms with Crippen molar-refractivity contribution in [2.45, 2.75) is 6.42 Å². The standard InChI is InChI=1S/C9H10N4.H2/c10-9-6-8(12-13-9)5-7-3-1-2-4-11-7;/h1-4,6H,5H2,(H3,10,12,13);1H. The lowest BCUT2D eigenvalue weighted by molar-refractivity contribution is 0.969. The number of nitrogen functional groups attached to an aromatic ring is 1. The summed E-state index contributed by atoms with van der Waals surface area (Å²) in [7, 11) is 0. The maximum Gasteiger partial charge on any atom is 0.145 e. The number of nitrogens with zero attached hydrogens (tertiary/aromatic N) is 2. The normalized spacial score (nSPS) is 10.2. The number of hydrogen-bond donors (Lipinski definition) is 2. The predicted octanol–water partition coefficient (Wildman–Crippen LogP) is 1.22. The summed E-state index contributed by atoms with van der Waals surface area (Å²) in [5.74, 6) is 0.519. The Morgan fingerprint density at radius 3 is 3.00 bits per heavy atom. The van der Waals surface area contributed by atoms with E-state index in [1.54, 1.807) is 6.20 Å². The highest BCUT2D eigenvalue weighted by molar-refractivity contribution is 5.30. The molecule has 0 radical (unpaired) electrons. The molecule has 0 aliphatic rings. The molecule has 68 valence electrons. The van der Waals surface area contributed by atoms with Gasteiger partial charge < -0.3 is 5.73 Å². The molecular formula is C9H12N4. The van der Waals surface area contributed by atoms with Crippen molar-refractivity contribution < 1.29 is 1.43 Å². The minimum atomic E-state index is 0. The fourth-order valence-corrected chi connectivity index (χ4v) is 1.17. The molecule has 2 aromatic rings. The zero-order valence-corrected chi connectivity index (χ0v) is 7.07. The van der Waals surface area contributed by atoms with Gasteiger partial charge in [-0.05, 0) is 12.1 Å². The molecule has 3 N–H and O–H groups in total. The molecule has 0 saturated heterocycles. The lowest BCUT2D eigenvalue weighted by atomic mass is 10.2. The second-order valence-electron chi connectivity index (χ2n) is 2.82. The van der Waals surface area contributed by atoms with E-state index in [-0.39, 0.29) is 1.43 Å². The van der Waals surface area contributed by atoms with Crippen LogP contribution in [0.15, 0.2) is 30.5 Å². The van der Waals surface area contributed by atoms with Crippen LogP contribution in [0.4, 0.5) is 5.82 Å². The summed E-state index contributed by atoms with van der Waals surface area (Å²) in [4.78, 5) is 4.19. The lowest BCUT2D eigenvalue weighted by Gasteiger charge is -1.95. The summed E-state index contributed by atoms with van der Waals surface area (Å²) in [6.07, 6.45) is 2.51. The van der Waals surface area contributed by atoms with Crippen molar-refractivity contribution in [1.29, 1.82) is 0 Å². The highest BCUT2D eigenvalue weighted by Crippen LogP contribution is 2.06. The van der Waals surface area contributed by atoms with Crippen molar-refractivity contribution in [3.8, 4) is 0 Å². The van der Waals surface area contributed by atoms with Crippen LogP contribution >= 0.6 is 0 Å². The first-order valence-corrected chi connectivity index (χ1v) is 4.04. The molecule has 2 rings (SSSR count). The molecule has 4 nitrogen and oxygen atoms in total. The van der Waals surface area contributed by atoms with Crippen molar-refractivity contribution >= 4 is 5.82 Å². The SMILES string of the molecule is Nc1cc(Cc2ccccn2)[nH]n1.[HH]. The highest BCUT2D eigenvalue weighted by Gasteiger charge is 1.99. The molecule has 13 heavy (non-hydrogen) atoms. The minimum Gasteiger partial charge on any atom is -0.382 e. The maximum absolute atomic E-state index is 5.47. The van der Waals surface area contributed by atoms with E-state index in [0.29, 0.717) is 5.82 Å². The van der Waals surface area contributed by atoms with Crippen molar-refractivity contribution in [3.05, 3.63) is 41.9 Å². The van der Waals surface area contributed by atoms with E-state index >= 15 is 0 Å². The second-order valence-corrected chi connectivity index (χ2v) is 2.82. The molecule has 0 spiro atoms. The molecule has 0 unspecified atom stereocenters. The molecule has 0 aliphatic carbocycles. The fourth-order valence-electron chi connectivity index (χ4n) is 1.17. The summed E-state index contributed by atoms with van der Waals surface area (Å²) in [6, 6.07) is 7.64. The zero-order valence-electron chi connectivity index (χ0n) is 7.07. The van der Waals surface area contributed by atoms with Gasteiger partial charge in [0.2, 0.25) is 0 Å². The average molecular weight is 176 g/mol. The van der Waals surface area contributed by atoms with Gasteiger partial charge in [-0.25, -0.2) is 0 Å². The molecule has 2 heterocycles. The van der Waals surface area contributed by atoms with Gasteiger partial charge in [0, 0.05) is 31.5 Å². The highest BCUT2D eigenvalue weighted by atomic mass is 15.2. The molecule has 4 heteroatoms. The largest absolute Gasteiger partial charge is 0.382 e. The first-order valence-electron chi connectivity index (χ1n) is 4.04. The van der Waals surface area contributed by atoms with E-state index in [1.165, 1.54) is 0 Å². The van der Waals surface area contributed by atoms with Gasteiger partial charge >= 0.3 is 0 Å². The van der Waals surface area contributed by atoms with E-state index in [4.69, 9.17) is 5.73 Å². The van der Waals surface area contributed by atoms with Crippen LogP contribution < -0.4 is 5.73 Å². The van der Waals surface area contributed by atoms with Crippen LogP contribution in [0.1, 0.15) is 12.8 Å². The summed E-state index contributed by atoms with van der Waals surface area (Å²) in [6.45, 7) is 0. The monoisotopic (exact) mass is 176 g/mol. The van der Waals surface area contributed by atoms with Crippen LogP contribution in [0.5, 0.6) is 0 Å². The number of H-pyrrole nitrogens is 1. The van der Waals surface area contributed by atoms with Gasteiger partial charge in [0.1, 0.15) is 5.82 Å². The molecule has 0 saturated carbocycles. The number of rotatable bonds is 2. The van der Waals surface area contributed by atoms with Crippen molar-refractivity contribution in [3.63, 3.8) is 0 Å². The molecular weight excluding hydrogens is 164 g/mol. The van der Waals surface area contributed by atoms with Crippen LogP contribution in [0.25, 0.3) is 0 Å². The molecule has 0 bridgehead atoms. The van der Waals surface area contributed by atoms with E-state index in [1.807, 2.05) is 24.3 Å². The Hall–Kier alpha value is -1.84. The third-order valence-corrected chi connectivity index (χ3v) is 1.75. The number of nitrogens with two attached hydrogens (primary N) is 1. The Bertz CT molecular complexity index is 385. The van der Waals surface area contributed by atoms with E-state index in [2.05, 4.69) is 15.2 Å². The summed E-state index contributed by atoms with van der Waals surface area (Å²) < 4.78 is 0. The van der Waals surface area contributed by atoms with Gasteiger partial charge in [0.25, 0.3) is 0 Å². The first kappa shape index (κ1) is 7.79. The number of nitrogens with one attached hydrogen (secondary N) is 1. The van der Waals surface area contributed by atoms with Crippen LogP contribution in [-0.2, 0) is 6.42 Å². The number of anilines is 1. The number of aromatic amines is 1. The van der Waals surface area contributed by atoms with Gasteiger partial charge in [-0.3, -0.25) is 10.1 Å². The van der Waals surface area contributed by atoms with Gasteiger partial charge in [-0.1, -0.05) is 6.07 Å². The average Bonchev–Trinajstić information content (AvgIpc) is 2.53. The Morgan fingerprint density at radius 1 is 1.46 bits per heavy atom. The molecule has 0 aliphatic heterocycles. The van der Waals surface area contributed by atoms with Crippen molar-refractivity contribution in [2.75, 3.05) is 5.73 Å². The lowest BCUT2D eigenvalue weighted by Crippen LogP contribution is -1.90. The van der Waals surface area contributed by atoms with Gasteiger partial charge in [-0.2, -0.15) is 5.10 Å². The third kappa shape index (κ3) is 1.84. The number of hydrogen-bond acceptors (Lipinski definition) is 3. The van der Waals surface area contributed by atoms with Gasteiger partial charge in [0.15, 0.2) is 0 Å². The molecule has 0 amide bonds. The minimum absolute atomic E-state index is 0. The Labute approximate surface area is 77.3 Å². The second kappa shape index (κ2) is 3.26. The summed E-state index contributed by atoms with van der Waals surface area (Å²) >= 11 is 0. The number of pyridine rings is 1. The van der Waals surface area contributed by atoms with E-state index in [0.717, 1.165) is 17.8 Å². The van der Waals surface area contributed by atoms with E-state index < -0.39 is 0 Å². The predicted molar refractivity (Wildman–Crippen MR) is 52.2 cm³/mol. The Morgan fingerprint density at radius 2 is 2.38 bits per heavy atom. The van der Waals surface area contributed by atoms with Crippen LogP contribution in [-0.4, -0.2) is 15.2 Å². The molecule has 0 atom stereocenters. The topological polar surface area (TPSA) is 67.6 Å². The smallest absolute Gasteiger partial charge is 0.145 e. The van der Waals surface area contributed by atoms with Crippen LogP contribution in [0, 0.1) is 0 Å². The van der Waals surface area contributed by atoms with Crippen LogP contribution in [0.2, 0.25) is 0 Å². The molecule has 0 aromatic carbocycles. The number of aromatic nitrogens is 3. The van der Waals surface area contributed by atoms with Gasteiger partial charge in [0.05, 0.1) is 0 Å². The van der Waals surface area contributed by atoms with Crippen LogP contribution in [0.3, 0.4) is 0 Å². The first-order chi connectivity index (χ1) is 6.34. The Balaban J connectivity index is 0.000000980. The van der Waals surface area contributed by atoms with Crippen molar-refractivity contribution in [2.24, 2.45) is 0 Å². The Kier molecular flexibility index (Phi) is 1.96. The van der Waals surface area contributed by atoms with E-state index in [9.17, 15) is 0 Å². The molecule has 2 aromatic heterocycles. The summed E-state index contributed by atoms with van der Waals surface area (Å²) in [5, 5.41) is 6.68. The molecule has 0 fully saturated rings. The zero-order chi connectivity index (χ0) is 9.10. The summed E-state index contributed by atoms with van der Waals surface area (Å²) in [5.41, 5.74) is 7.46. The third-order valence-electron chi connectivity index (χ3n) is 1.75.